The molecule has 0 aliphatic carbocycles. The number of para-hydroxylation sites is 1. The van der Waals surface area contributed by atoms with E-state index in [0.717, 1.165) is 0 Å². The summed E-state index contributed by atoms with van der Waals surface area (Å²) in [5.41, 5.74) is 6.20. The highest BCUT2D eigenvalue weighted by molar-refractivity contribution is 6.01. The van der Waals surface area contributed by atoms with Gasteiger partial charge in [-0.25, -0.2) is 0 Å². The van der Waals surface area contributed by atoms with Gasteiger partial charge in [0.15, 0.2) is 0 Å². The van der Waals surface area contributed by atoms with Crippen LogP contribution >= 0.6 is 0 Å². The molecule has 7 nitrogen and oxygen atoms in total. The van der Waals surface area contributed by atoms with Gasteiger partial charge in [-0.3, -0.25) is 14.4 Å². The van der Waals surface area contributed by atoms with Crippen LogP contribution in [0.4, 0.5) is 5.69 Å². The van der Waals surface area contributed by atoms with Crippen molar-refractivity contribution in [2.75, 3.05) is 12.3 Å². The summed E-state index contributed by atoms with van der Waals surface area (Å²) in [4.78, 5) is 33.6. The Bertz CT molecular complexity index is 502. The molecular weight excluding hydrogens is 250 g/mol. The van der Waals surface area contributed by atoms with Crippen molar-refractivity contribution >= 4 is 23.5 Å². The molecule has 19 heavy (non-hydrogen) atoms. The van der Waals surface area contributed by atoms with Gasteiger partial charge < -0.3 is 21.5 Å². The van der Waals surface area contributed by atoms with Crippen LogP contribution in [-0.4, -0.2) is 35.5 Å². The molecule has 7 heteroatoms. The van der Waals surface area contributed by atoms with Crippen LogP contribution in [0.25, 0.3) is 0 Å². The van der Waals surface area contributed by atoms with E-state index < -0.39 is 30.4 Å². The molecule has 0 bridgehead atoms. The standard InChI is InChI=1S/C12H15N3O4/c1-7(11(18)14-6-10(16)17)15-12(19)8-4-2-3-5-9(8)13/h2-5,7H,6,13H2,1H3,(H,14,18)(H,15,19)(H,16,17)/t7-/m0/s1. The van der Waals surface area contributed by atoms with Crippen LogP contribution in [0.1, 0.15) is 17.3 Å². The zero-order chi connectivity index (χ0) is 14.4. The van der Waals surface area contributed by atoms with Crippen LogP contribution in [0.5, 0.6) is 0 Å². The lowest BCUT2D eigenvalue weighted by atomic mass is 10.1. The van der Waals surface area contributed by atoms with Crippen LogP contribution in [0.2, 0.25) is 0 Å². The van der Waals surface area contributed by atoms with Crippen molar-refractivity contribution in [2.45, 2.75) is 13.0 Å². The smallest absolute Gasteiger partial charge is 0.322 e. The predicted molar refractivity (Wildman–Crippen MR) is 68.4 cm³/mol. The Kier molecular flexibility index (Phi) is 4.87. The number of carboxylic acids is 1. The molecule has 102 valence electrons. The van der Waals surface area contributed by atoms with Gasteiger partial charge in [0.25, 0.3) is 5.91 Å². The Labute approximate surface area is 109 Å². The molecule has 1 atom stereocenters. The second-order valence-electron chi connectivity index (χ2n) is 3.89. The molecule has 2 amide bonds. The molecule has 0 heterocycles. The Morgan fingerprint density at radius 2 is 1.95 bits per heavy atom. The number of benzene rings is 1. The molecule has 1 rings (SSSR count). The number of nitrogens with one attached hydrogen (secondary N) is 2. The van der Waals surface area contributed by atoms with E-state index in [1.54, 1.807) is 18.2 Å². The molecule has 0 spiro atoms. The fourth-order valence-corrected chi connectivity index (χ4v) is 1.36. The Hall–Kier alpha value is -2.57. The fourth-order valence-electron chi connectivity index (χ4n) is 1.36. The first-order valence-electron chi connectivity index (χ1n) is 5.56. The van der Waals surface area contributed by atoms with Crippen LogP contribution in [0, 0.1) is 0 Å². The largest absolute Gasteiger partial charge is 0.480 e. The highest BCUT2D eigenvalue weighted by Crippen LogP contribution is 2.10. The summed E-state index contributed by atoms with van der Waals surface area (Å²) in [5, 5.41) is 13.0. The maximum Gasteiger partial charge on any atom is 0.322 e. The van der Waals surface area contributed by atoms with Gasteiger partial charge in [-0.2, -0.15) is 0 Å². The number of carbonyl (C=O) groups is 3. The summed E-state index contributed by atoms with van der Waals surface area (Å²) in [6.45, 7) is 0.959. The first-order valence-corrected chi connectivity index (χ1v) is 5.56. The lowest BCUT2D eigenvalue weighted by Crippen LogP contribution is -2.46. The second-order valence-corrected chi connectivity index (χ2v) is 3.89. The topological polar surface area (TPSA) is 122 Å². The minimum atomic E-state index is -1.15. The minimum absolute atomic E-state index is 0.264. The van der Waals surface area contributed by atoms with E-state index in [1.807, 2.05) is 0 Å². The van der Waals surface area contributed by atoms with Crippen molar-refractivity contribution < 1.29 is 19.5 Å². The molecule has 0 unspecified atom stereocenters. The van der Waals surface area contributed by atoms with Gasteiger partial charge in [0.2, 0.25) is 5.91 Å². The number of carboxylic acid groups (broad SMARTS) is 1. The minimum Gasteiger partial charge on any atom is -0.480 e. The number of aliphatic carboxylic acids is 1. The van der Waals surface area contributed by atoms with E-state index in [1.165, 1.54) is 13.0 Å². The average Bonchev–Trinajstić information content (AvgIpc) is 2.36. The summed E-state index contributed by atoms with van der Waals surface area (Å²) >= 11 is 0. The van der Waals surface area contributed by atoms with Gasteiger partial charge in [-0.05, 0) is 19.1 Å². The molecule has 1 aromatic carbocycles. The Morgan fingerprint density at radius 3 is 2.53 bits per heavy atom. The van der Waals surface area contributed by atoms with E-state index in [2.05, 4.69) is 10.6 Å². The second kappa shape index (κ2) is 6.39. The number of rotatable bonds is 5. The zero-order valence-electron chi connectivity index (χ0n) is 10.3. The number of hydrogen-bond acceptors (Lipinski definition) is 4. The van der Waals surface area contributed by atoms with Gasteiger partial charge in [-0.15, -0.1) is 0 Å². The van der Waals surface area contributed by atoms with Crippen LogP contribution in [0.3, 0.4) is 0 Å². The third-order valence-corrected chi connectivity index (χ3v) is 2.36. The highest BCUT2D eigenvalue weighted by atomic mass is 16.4. The lowest BCUT2D eigenvalue weighted by Gasteiger charge is -2.14. The van der Waals surface area contributed by atoms with Gasteiger partial charge >= 0.3 is 5.97 Å². The van der Waals surface area contributed by atoms with Gasteiger partial charge in [0.1, 0.15) is 12.6 Å². The van der Waals surface area contributed by atoms with Crippen molar-refractivity contribution in [1.82, 2.24) is 10.6 Å². The molecule has 0 radical (unpaired) electrons. The van der Waals surface area contributed by atoms with Crippen molar-refractivity contribution in [1.29, 1.82) is 0 Å². The van der Waals surface area contributed by atoms with Crippen LogP contribution in [0.15, 0.2) is 24.3 Å². The summed E-state index contributed by atoms with van der Waals surface area (Å²) in [6.07, 6.45) is 0. The fraction of sp³-hybridized carbons (Fsp3) is 0.250. The summed E-state index contributed by atoms with van der Waals surface area (Å²) in [5.74, 6) is -2.22. The maximum atomic E-state index is 11.8. The summed E-state index contributed by atoms with van der Waals surface area (Å²) < 4.78 is 0. The van der Waals surface area contributed by atoms with Gasteiger partial charge in [0.05, 0.1) is 5.56 Å². The van der Waals surface area contributed by atoms with E-state index in [4.69, 9.17) is 10.8 Å². The molecule has 5 N–H and O–H groups in total. The monoisotopic (exact) mass is 265 g/mol. The highest BCUT2D eigenvalue weighted by Gasteiger charge is 2.18. The summed E-state index contributed by atoms with van der Waals surface area (Å²) in [6, 6.07) is 5.60. The number of amides is 2. The molecule has 0 saturated carbocycles. The van der Waals surface area contributed by atoms with E-state index in [-0.39, 0.29) is 5.56 Å². The summed E-state index contributed by atoms with van der Waals surface area (Å²) in [7, 11) is 0. The Morgan fingerprint density at radius 1 is 1.32 bits per heavy atom. The molecule has 0 aromatic heterocycles. The number of carbonyl (C=O) groups excluding carboxylic acids is 2. The third kappa shape index (κ3) is 4.30. The Balaban J connectivity index is 2.59. The number of hydrogen-bond donors (Lipinski definition) is 4. The number of nitrogen functional groups attached to an aromatic ring is 1. The number of anilines is 1. The molecule has 0 aliphatic heterocycles. The molecular formula is C12H15N3O4. The number of nitrogens with two attached hydrogens (primary N) is 1. The van der Waals surface area contributed by atoms with Crippen LogP contribution in [-0.2, 0) is 9.59 Å². The van der Waals surface area contributed by atoms with Crippen molar-refractivity contribution in [3.63, 3.8) is 0 Å². The van der Waals surface area contributed by atoms with Crippen LogP contribution < -0.4 is 16.4 Å². The van der Waals surface area contributed by atoms with Gasteiger partial charge in [-0.1, -0.05) is 12.1 Å². The van der Waals surface area contributed by atoms with Crippen molar-refractivity contribution in [2.24, 2.45) is 0 Å². The average molecular weight is 265 g/mol. The predicted octanol–water partition coefficient (Wildman–Crippen LogP) is -0.412. The molecule has 0 fully saturated rings. The SMILES string of the molecule is C[C@H](NC(=O)c1ccccc1N)C(=O)NCC(=O)O. The first-order chi connectivity index (χ1) is 8.91. The van der Waals surface area contributed by atoms with Gasteiger partial charge in [0, 0.05) is 5.69 Å². The molecule has 1 aromatic rings. The molecule has 0 saturated heterocycles. The quantitative estimate of drug-likeness (QED) is 0.539. The zero-order valence-corrected chi connectivity index (χ0v) is 10.3. The molecule has 0 aliphatic rings. The normalized spacial score (nSPS) is 11.4. The van der Waals surface area contributed by atoms with E-state index in [0.29, 0.717) is 5.69 Å². The van der Waals surface area contributed by atoms with E-state index >= 15 is 0 Å². The lowest BCUT2D eigenvalue weighted by molar-refractivity contribution is -0.138. The third-order valence-electron chi connectivity index (χ3n) is 2.36. The van der Waals surface area contributed by atoms with E-state index in [9.17, 15) is 14.4 Å². The van der Waals surface area contributed by atoms with Crippen molar-refractivity contribution in [3.05, 3.63) is 29.8 Å². The maximum absolute atomic E-state index is 11.8. The first kappa shape index (κ1) is 14.5. The van der Waals surface area contributed by atoms with Crippen molar-refractivity contribution in [3.8, 4) is 0 Å².